The van der Waals surface area contributed by atoms with Crippen molar-refractivity contribution in [1.29, 1.82) is 0 Å². The summed E-state index contributed by atoms with van der Waals surface area (Å²) >= 11 is 0. The molecule has 4 heterocycles. The molecule has 2 fully saturated rings. The molecular weight excluding hydrogens is 442 g/mol. The van der Waals surface area contributed by atoms with Crippen molar-refractivity contribution in [2.45, 2.75) is 31.3 Å². The van der Waals surface area contributed by atoms with E-state index in [-0.39, 0.29) is 24.0 Å². The molecule has 0 unspecified atom stereocenters. The van der Waals surface area contributed by atoms with Gasteiger partial charge in [-0.05, 0) is 43.4 Å². The number of rotatable bonds is 5. The normalized spacial score (nSPS) is 20.8. The molecule has 0 N–H and O–H groups in total. The Hall–Kier alpha value is -3.52. The van der Waals surface area contributed by atoms with Crippen molar-refractivity contribution in [3.63, 3.8) is 0 Å². The van der Waals surface area contributed by atoms with Crippen LogP contribution in [0.4, 0.5) is 0 Å². The molecule has 8 heteroatoms. The van der Waals surface area contributed by atoms with Gasteiger partial charge in [0.1, 0.15) is 6.61 Å². The van der Waals surface area contributed by atoms with Crippen LogP contribution in [0.1, 0.15) is 35.2 Å². The minimum Gasteiger partial charge on any atom is -0.363 e. The molecule has 182 valence electrons. The highest BCUT2D eigenvalue weighted by Gasteiger charge is 2.41. The zero-order valence-electron chi connectivity index (χ0n) is 20.1. The number of amides is 2. The van der Waals surface area contributed by atoms with Crippen molar-refractivity contribution >= 4 is 11.8 Å². The first-order valence-corrected chi connectivity index (χ1v) is 12.2. The lowest BCUT2D eigenvalue weighted by atomic mass is 9.92. The van der Waals surface area contributed by atoms with E-state index in [1.807, 2.05) is 53.4 Å². The van der Waals surface area contributed by atoms with Crippen LogP contribution in [-0.2, 0) is 23.0 Å². The monoisotopic (exact) mass is 473 g/mol. The third kappa shape index (κ3) is 5.27. The molecule has 2 amide bonds. The van der Waals surface area contributed by atoms with Gasteiger partial charge in [-0.3, -0.25) is 19.3 Å². The number of likely N-dealkylation sites (tertiary alicyclic amines) is 1. The van der Waals surface area contributed by atoms with Crippen molar-refractivity contribution in [1.82, 2.24) is 24.6 Å². The smallest absolute Gasteiger partial charge is 0.255 e. The van der Waals surface area contributed by atoms with E-state index in [9.17, 15) is 9.59 Å². The van der Waals surface area contributed by atoms with Gasteiger partial charge in [-0.15, -0.1) is 0 Å². The second-order valence-electron chi connectivity index (χ2n) is 9.50. The molecule has 1 aromatic carbocycles. The first-order valence-electron chi connectivity index (χ1n) is 12.2. The number of morpholine rings is 1. The summed E-state index contributed by atoms with van der Waals surface area (Å²) in [6.07, 6.45) is 8.53. The molecular formula is C27H31N5O3. The Kier molecular flexibility index (Phi) is 6.63. The lowest BCUT2D eigenvalue weighted by Crippen LogP contribution is -2.55. The molecule has 8 nitrogen and oxygen atoms in total. The third-order valence-corrected chi connectivity index (χ3v) is 7.04. The van der Waals surface area contributed by atoms with Crippen LogP contribution in [0.2, 0.25) is 0 Å². The highest BCUT2D eigenvalue weighted by Crippen LogP contribution is 2.31. The largest absolute Gasteiger partial charge is 0.363 e. The van der Waals surface area contributed by atoms with Gasteiger partial charge in [0.25, 0.3) is 5.91 Å². The van der Waals surface area contributed by atoms with Gasteiger partial charge in [0.2, 0.25) is 5.91 Å². The summed E-state index contributed by atoms with van der Waals surface area (Å²) in [4.78, 5) is 34.1. The summed E-state index contributed by atoms with van der Waals surface area (Å²) in [6.45, 7) is 2.66. The zero-order valence-corrected chi connectivity index (χ0v) is 20.1. The maximum absolute atomic E-state index is 13.2. The van der Waals surface area contributed by atoms with Gasteiger partial charge in [0, 0.05) is 51.2 Å². The Bertz CT molecular complexity index is 1180. The number of ether oxygens (including phenoxy) is 1. The number of carbonyl (C=O) groups is 2. The van der Waals surface area contributed by atoms with Crippen LogP contribution in [-0.4, -0.2) is 74.8 Å². The molecule has 2 aliphatic heterocycles. The number of aromatic nitrogens is 3. The van der Waals surface area contributed by atoms with E-state index in [0.29, 0.717) is 31.7 Å². The van der Waals surface area contributed by atoms with Crippen LogP contribution < -0.4 is 0 Å². The highest BCUT2D eigenvalue weighted by atomic mass is 16.5. The lowest BCUT2D eigenvalue weighted by molar-refractivity contribution is -0.165. The van der Waals surface area contributed by atoms with Gasteiger partial charge >= 0.3 is 0 Å². The van der Waals surface area contributed by atoms with Crippen LogP contribution >= 0.6 is 0 Å². The predicted molar refractivity (Wildman–Crippen MR) is 132 cm³/mol. The minimum atomic E-state index is -0.387. The summed E-state index contributed by atoms with van der Waals surface area (Å²) in [5, 5.41) is 4.18. The number of carbonyl (C=O) groups excluding carboxylic acids is 2. The fraction of sp³-hybridized carbons (Fsp3) is 0.407. The molecule has 0 aliphatic carbocycles. The molecule has 3 aromatic rings. The number of hydrogen-bond acceptors (Lipinski definition) is 5. The maximum Gasteiger partial charge on any atom is 0.255 e. The molecule has 1 atom stereocenters. The first-order chi connectivity index (χ1) is 17.0. The molecule has 5 rings (SSSR count). The van der Waals surface area contributed by atoms with Crippen molar-refractivity contribution in [2.75, 3.05) is 32.8 Å². The number of hydrogen-bond donors (Lipinski definition) is 0. The Labute approximate surface area is 205 Å². The van der Waals surface area contributed by atoms with E-state index in [2.05, 4.69) is 22.2 Å². The van der Waals surface area contributed by atoms with Gasteiger partial charge in [-0.25, -0.2) is 0 Å². The molecule has 35 heavy (non-hydrogen) atoms. The number of benzene rings is 1. The van der Waals surface area contributed by atoms with Crippen LogP contribution in [0.25, 0.3) is 11.3 Å². The Morgan fingerprint density at radius 1 is 1.09 bits per heavy atom. The average molecular weight is 474 g/mol. The Morgan fingerprint density at radius 2 is 1.94 bits per heavy atom. The number of nitrogens with zero attached hydrogens (tertiary/aromatic N) is 5. The SMILES string of the molecule is Cn1cc(-c2ccc(C(=O)N3CCC[C@@]4(CC3)CN(CCc3ccccc3)C(=O)CO4)cn2)cn1. The summed E-state index contributed by atoms with van der Waals surface area (Å²) in [6, 6.07) is 13.9. The fourth-order valence-electron chi connectivity index (χ4n) is 5.00. The van der Waals surface area contributed by atoms with Gasteiger partial charge in [-0.2, -0.15) is 5.10 Å². The standard InChI is InChI=1S/C27H31N5O3/c1-30-18-23(17-29-30)24-9-8-22(16-28-24)26(34)31-13-5-11-27(12-15-31)20-32(25(33)19-35-27)14-10-21-6-3-2-4-7-21/h2-4,6-9,16-18H,5,10-15,19-20H2,1H3/t27-/m1/s1. The van der Waals surface area contributed by atoms with Crippen LogP contribution in [0, 0.1) is 0 Å². The predicted octanol–water partition coefficient (Wildman–Crippen LogP) is 2.95. The molecule has 2 saturated heterocycles. The van der Waals surface area contributed by atoms with Crippen molar-refractivity contribution in [3.05, 3.63) is 72.2 Å². The van der Waals surface area contributed by atoms with E-state index in [4.69, 9.17) is 4.74 Å². The van der Waals surface area contributed by atoms with E-state index < -0.39 is 0 Å². The maximum atomic E-state index is 13.2. The summed E-state index contributed by atoms with van der Waals surface area (Å²) in [7, 11) is 1.86. The van der Waals surface area contributed by atoms with Crippen molar-refractivity contribution in [2.24, 2.45) is 7.05 Å². The van der Waals surface area contributed by atoms with Crippen LogP contribution in [0.3, 0.4) is 0 Å². The molecule has 0 bridgehead atoms. The molecule has 0 radical (unpaired) electrons. The zero-order chi connectivity index (χ0) is 24.3. The molecule has 2 aliphatic rings. The highest BCUT2D eigenvalue weighted by molar-refractivity contribution is 5.94. The fourth-order valence-corrected chi connectivity index (χ4v) is 5.00. The Morgan fingerprint density at radius 3 is 2.69 bits per heavy atom. The van der Waals surface area contributed by atoms with Crippen molar-refractivity contribution in [3.8, 4) is 11.3 Å². The summed E-state index contributed by atoms with van der Waals surface area (Å²) in [5.41, 5.74) is 3.13. The molecule has 2 aromatic heterocycles. The van der Waals surface area contributed by atoms with E-state index in [0.717, 1.165) is 36.9 Å². The van der Waals surface area contributed by atoms with Gasteiger partial charge < -0.3 is 14.5 Å². The Balaban J connectivity index is 1.21. The quantitative estimate of drug-likeness (QED) is 0.569. The van der Waals surface area contributed by atoms with E-state index in [1.165, 1.54) is 5.56 Å². The number of pyridine rings is 1. The summed E-state index contributed by atoms with van der Waals surface area (Å²) < 4.78 is 7.86. The number of aryl methyl sites for hydroxylation is 1. The van der Waals surface area contributed by atoms with Crippen molar-refractivity contribution < 1.29 is 14.3 Å². The van der Waals surface area contributed by atoms with Crippen LogP contribution in [0.5, 0.6) is 0 Å². The van der Waals surface area contributed by atoms with E-state index in [1.54, 1.807) is 17.1 Å². The second-order valence-corrected chi connectivity index (χ2v) is 9.50. The third-order valence-electron chi connectivity index (χ3n) is 7.04. The summed E-state index contributed by atoms with van der Waals surface area (Å²) in [5.74, 6) is 0.0311. The topological polar surface area (TPSA) is 80.6 Å². The van der Waals surface area contributed by atoms with Gasteiger partial charge in [0.05, 0.1) is 23.1 Å². The first kappa shape index (κ1) is 23.2. The average Bonchev–Trinajstić information content (AvgIpc) is 3.22. The van der Waals surface area contributed by atoms with Gasteiger partial charge in [0.15, 0.2) is 0 Å². The second kappa shape index (κ2) is 10.00. The van der Waals surface area contributed by atoms with E-state index >= 15 is 0 Å². The molecule has 0 saturated carbocycles. The minimum absolute atomic E-state index is 0.0138. The lowest BCUT2D eigenvalue weighted by Gasteiger charge is -2.42. The van der Waals surface area contributed by atoms with Crippen LogP contribution in [0.15, 0.2) is 61.1 Å². The molecule has 1 spiro atoms. The van der Waals surface area contributed by atoms with Gasteiger partial charge in [-0.1, -0.05) is 30.3 Å².